The number of hydrogen-bond donors (Lipinski definition) is 1. The van der Waals surface area contributed by atoms with Crippen molar-refractivity contribution in [3.63, 3.8) is 0 Å². The topological polar surface area (TPSA) is 40.5 Å². The monoisotopic (exact) mass is 411 g/mol. The lowest BCUT2D eigenvalue weighted by molar-refractivity contribution is -0.111. The van der Waals surface area contributed by atoms with Crippen molar-refractivity contribution in [2.24, 2.45) is 5.92 Å². The molecule has 0 aromatic heterocycles. The maximum Gasteiger partial charge on any atom is 0.123 e. The number of carbonyl (C=O) groups is 1. The summed E-state index contributed by atoms with van der Waals surface area (Å²) in [6.45, 7) is 1.89. The zero-order valence-corrected chi connectivity index (χ0v) is 17.8. The second-order valence-corrected chi connectivity index (χ2v) is 8.97. The summed E-state index contributed by atoms with van der Waals surface area (Å²) in [5.74, 6) is 1.27. The second kappa shape index (κ2) is 8.58. The molecule has 1 heterocycles. The molecule has 0 saturated carbocycles. The lowest BCUT2D eigenvalue weighted by atomic mass is 9.69. The Morgan fingerprint density at radius 2 is 1.58 bits per heavy atom. The third kappa shape index (κ3) is 3.97. The fourth-order valence-electron chi connectivity index (χ4n) is 5.46. The molecule has 1 aliphatic heterocycles. The summed E-state index contributed by atoms with van der Waals surface area (Å²) in [6, 6.07) is 25.8. The highest BCUT2D eigenvalue weighted by molar-refractivity contribution is 5.56. The van der Waals surface area contributed by atoms with Gasteiger partial charge in [0, 0.05) is 30.6 Å². The van der Waals surface area contributed by atoms with Crippen molar-refractivity contribution in [3.05, 3.63) is 95.1 Å². The first-order valence-corrected chi connectivity index (χ1v) is 11.4. The van der Waals surface area contributed by atoms with Gasteiger partial charge in [-0.3, -0.25) is 0 Å². The van der Waals surface area contributed by atoms with Gasteiger partial charge in [0.15, 0.2) is 0 Å². The Morgan fingerprint density at radius 3 is 2.29 bits per heavy atom. The van der Waals surface area contributed by atoms with E-state index in [1.54, 1.807) is 0 Å². The van der Waals surface area contributed by atoms with Crippen molar-refractivity contribution in [1.82, 2.24) is 0 Å². The number of aromatic hydroxyl groups is 1. The number of piperidine rings is 1. The molecule has 3 aromatic carbocycles. The molecule has 0 spiro atoms. The van der Waals surface area contributed by atoms with Gasteiger partial charge in [0.1, 0.15) is 12.0 Å². The Hall–Kier alpha value is -3.07. The Kier molecular flexibility index (Phi) is 5.50. The Morgan fingerprint density at radius 1 is 0.839 bits per heavy atom. The molecule has 31 heavy (non-hydrogen) atoms. The average molecular weight is 412 g/mol. The van der Waals surface area contributed by atoms with E-state index in [0.717, 1.165) is 45.1 Å². The first kappa shape index (κ1) is 19.9. The molecular formula is C28H29NO2. The fraction of sp³-hybridized carbons (Fsp3) is 0.321. The molecule has 2 aliphatic rings. The Balaban J connectivity index is 1.47. The molecule has 158 valence electrons. The highest BCUT2D eigenvalue weighted by Crippen LogP contribution is 2.47. The molecule has 1 fully saturated rings. The molecule has 3 aromatic rings. The molecule has 0 radical (unpaired) electrons. The maximum absolute atomic E-state index is 11.1. The third-order valence-corrected chi connectivity index (χ3v) is 7.17. The van der Waals surface area contributed by atoms with Crippen molar-refractivity contribution in [3.8, 4) is 5.75 Å². The van der Waals surface area contributed by atoms with Crippen LogP contribution in [-0.4, -0.2) is 24.5 Å². The zero-order valence-electron chi connectivity index (χ0n) is 17.8. The number of aldehydes is 1. The summed E-state index contributed by atoms with van der Waals surface area (Å²) in [7, 11) is 0. The molecule has 3 heteroatoms. The molecular weight excluding hydrogens is 382 g/mol. The van der Waals surface area contributed by atoms with Gasteiger partial charge in [-0.05, 0) is 78.1 Å². The molecule has 0 amide bonds. The van der Waals surface area contributed by atoms with Crippen molar-refractivity contribution in [2.75, 3.05) is 18.0 Å². The number of hydrogen-bond acceptors (Lipinski definition) is 3. The van der Waals surface area contributed by atoms with Crippen molar-refractivity contribution >= 4 is 12.0 Å². The summed E-state index contributed by atoms with van der Waals surface area (Å²) in [5.41, 5.74) is 6.54. The number of benzene rings is 3. The van der Waals surface area contributed by atoms with Crippen molar-refractivity contribution < 1.29 is 9.90 Å². The molecule has 3 nitrogen and oxygen atoms in total. The Labute approximate surface area is 184 Å². The van der Waals surface area contributed by atoms with E-state index in [9.17, 15) is 9.90 Å². The largest absolute Gasteiger partial charge is 0.508 e. The van der Waals surface area contributed by atoms with E-state index in [2.05, 4.69) is 65.6 Å². The van der Waals surface area contributed by atoms with E-state index in [-0.39, 0.29) is 11.8 Å². The van der Waals surface area contributed by atoms with Gasteiger partial charge in [-0.2, -0.15) is 0 Å². The third-order valence-electron chi connectivity index (χ3n) is 7.17. The SMILES string of the molecule is O=CC1CCN(c2ccc([C@H]3c4ccc(O)cc4CC[C@@H]3c3ccccc3)cc2)CC1. The van der Waals surface area contributed by atoms with E-state index in [1.165, 1.54) is 27.9 Å². The van der Waals surface area contributed by atoms with Crippen molar-refractivity contribution in [1.29, 1.82) is 0 Å². The molecule has 0 bridgehead atoms. The molecule has 2 atom stereocenters. The minimum Gasteiger partial charge on any atom is -0.508 e. The van der Waals surface area contributed by atoms with E-state index in [4.69, 9.17) is 0 Å². The minimum atomic E-state index is 0.220. The number of nitrogens with zero attached hydrogens (tertiary/aromatic N) is 1. The van der Waals surface area contributed by atoms with Gasteiger partial charge in [0.2, 0.25) is 0 Å². The molecule has 1 saturated heterocycles. The van der Waals surface area contributed by atoms with Gasteiger partial charge in [-0.25, -0.2) is 0 Å². The number of fused-ring (bicyclic) bond motifs is 1. The summed E-state index contributed by atoms with van der Waals surface area (Å²) in [4.78, 5) is 13.5. The Bertz CT molecular complexity index is 1040. The van der Waals surface area contributed by atoms with Crippen LogP contribution >= 0.6 is 0 Å². The maximum atomic E-state index is 11.1. The number of carbonyl (C=O) groups excluding carboxylic acids is 1. The summed E-state index contributed by atoms with van der Waals surface area (Å²) >= 11 is 0. The van der Waals surface area contributed by atoms with Crippen LogP contribution in [0.3, 0.4) is 0 Å². The van der Waals surface area contributed by atoms with E-state index >= 15 is 0 Å². The van der Waals surface area contributed by atoms with Crippen LogP contribution in [0, 0.1) is 5.92 Å². The number of aryl methyl sites for hydroxylation is 1. The number of anilines is 1. The van der Waals surface area contributed by atoms with Crippen LogP contribution in [0.25, 0.3) is 0 Å². The van der Waals surface area contributed by atoms with Crippen LogP contribution in [0.2, 0.25) is 0 Å². The average Bonchev–Trinajstić information content (AvgIpc) is 2.84. The van der Waals surface area contributed by atoms with Gasteiger partial charge in [0.25, 0.3) is 0 Å². The van der Waals surface area contributed by atoms with Crippen molar-refractivity contribution in [2.45, 2.75) is 37.5 Å². The van der Waals surface area contributed by atoms with E-state index in [0.29, 0.717) is 11.7 Å². The standard InChI is InChI=1S/C28H29NO2/c30-19-20-14-16-29(17-15-20)24-9-6-22(7-10-24)28-26(21-4-2-1-3-5-21)12-8-23-18-25(31)11-13-27(23)28/h1-7,9-11,13,18-20,26,28,31H,8,12,14-17H2/t26-,28-/m1/s1. The highest BCUT2D eigenvalue weighted by atomic mass is 16.3. The van der Waals surface area contributed by atoms with Crippen LogP contribution in [0.4, 0.5) is 5.69 Å². The minimum absolute atomic E-state index is 0.220. The molecule has 0 unspecified atom stereocenters. The molecule has 1 aliphatic carbocycles. The first-order valence-electron chi connectivity index (χ1n) is 11.4. The van der Waals surface area contributed by atoms with Gasteiger partial charge >= 0.3 is 0 Å². The van der Waals surface area contributed by atoms with Gasteiger partial charge < -0.3 is 14.8 Å². The highest BCUT2D eigenvalue weighted by Gasteiger charge is 2.32. The normalized spacial score (nSPS) is 21.5. The number of rotatable bonds is 4. The second-order valence-electron chi connectivity index (χ2n) is 8.97. The summed E-state index contributed by atoms with van der Waals surface area (Å²) in [6.07, 6.45) is 5.07. The molecule has 5 rings (SSSR count). The van der Waals surface area contributed by atoms with Crippen LogP contribution in [0.1, 0.15) is 53.4 Å². The van der Waals surface area contributed by atoms with Gasteiger partial charge in [-0.1, -0.05) is 48.5 Å². The first-order chi connectivity index (χ1) is 15.2. The van der Waals surface area contributed by atoms with Crippen LogP contribution < -0.4 is 4.90 Å². The number of phenolic OH excluding ortho intramolecular Hbond substituents is 1. The summed E-state index contributed by atoms with van der Waals surface area (Å²) < 4.78 is 0. The van der Waals surface area contributed by atoms with Gasteiger partial charge in [-0.15, -0.1) is 0 Å². The predicted octanol–water partition coefficient (Wildman–Crippen LogP) is 5.67. The lowest BCUT2D eigenvalue weighted by Crippen LogP contribution is -2.34. The number of phenols is 1. The van der Waals surface area contributed by atoms with E-state index < -0.39 is 0 Å². The van der Waals surface area contributed by atoms with Crippen LogP contribution in [-0.2, 0) is 11.2 Å². The van der Waals surface area contributed by atoms with Crippen LogP contribution in [0.5, 0.6) is 5.75 Å². The smallest absolute Gasteiger partial charge is 0.123 e. The molecule has 1 N–H and O–H groups in total. The predicted molar refractivity (Wildman–Crippen MR) is 125 cm³/mol. The summed E-state index contributed by atoms with van der Waals surface area (Å²) in [5, 5.41) is 10.0. The quantitative estimate of drug-likeness (QED) is 0.563. The zero-order chi connectivity index (χ0) is 21.2. The van der Waals surface area contributed by atoms with E-state index in [1.807, 2.05) is 12.1 Å². The fourth-order valence-corrected chi connectivity index (χ4v) is 5.46. The lowest BCUT2D eigenvalue weighted by Gasteiger charge is -2.35. The van der Waals surface area contributed by atoms with Crippen LogP contribution in [0.15, 0.2) is 72.8 Å². The van der Waals surface area contributed by atoms with Gasteiger partial charge in [0.05, 0.1) is 0 Å².